The van der Waals surface area contributed by atoms with Crippen molar-refractivity contribution in [2.45, 2.75) is 20.0 Å². The molecule has 0 atom stereocenters. The summed E-state index contributed by atoms with van der Waals surface area (Å²) >= 11 is 9.59. The minimum Gasteiger partial charge on any atom is -0.392 e. The van der Waals surface area contributed by atoms with E-state index in [1.54, 1.807) is 24.4 Å². The van der Waals surface area contributed by atoms with Crippen molar-refractivity contribution in [3.63, 3.8) is 0 Å². The Balaban J connectivity index is 0.000000202. The third-order valence-corrected chi connectivity index (χ3v) is 4.46. The molecule has 3 aromatic heterocycles. The molecule has 0 spiro atoms. The maximum absolute atomic E-state index is 10.1. The zero-order chi connectivity index (χ0) is 20.1. The van der Waals surface area contributed by atoms with Crippen LogP contribution in [0.5, 0.6) is 0 Å². The lowest BCUT2D eigenvalue weighted by atomic mass is 10.2. The average molecular weight is 560 g/mol. The molecule has 0 aliphatic heterocycles. The first-order valence-electron chi connectivity index (χ1n) is 7.87. The van der Waals surface area contributed by atoms with Crippen LogP contribution < -0.4 is 0 Å². The molecule has 0 aliphatic carbocycles. The zero-order valence-corrected chi connectivity index (χ0v) is 19.3. The highest BCUT2D eigenvalue weighted by Gasteiger charge is 1.89. The molecule has 3 rings (SSSR count). The molecule has 0 saturated carbocycles. The van der Waals surface area contributed by atoms with Crippen LogP contribution >= 0.6 is 47.8 Å². The van der Waals surface area contributed by atoms with E-state index in [1.807, 2.05) is 18.3 Å². The van der Waals surface area contributed by atoms with E-state index in [9.17, 15) is 4.79 Å². The summed E-state index contributed by atoms with van der Waals surface area (Å²) in [6, 6.07) is 11.1. The van der Waals surface area contributed by atoms with Crippen molar-refractivity contribution in [3.8, 4) is 0 Å². The van der Waals surface area contributed by atoms with Crippen LogP contribution in [0.4, 0.5) is 0 Å². The summed E-state index contributed by atoms with van der Waals surface area (Å²) in [6.45, 7) is 2.17. The Morgan fingerprint density at radius 2 is 1.30 bits per heavy atom. The second kappa shape index (κ2) is 13.7. The quantitative estimate of drug-likeness (QED) is 0.343. The smallest absolute Gasteiger partial charge is 0.151 e. The Kier molecular flexibility index (Phi) is 11.9. The van der Waals surface area contributed by atoms with E-state index in [2.05, 4.69) is 75.7 Å². The molecule has 5 nitrogen and oxygen atoms in total. The zero-order valence-electron chi connectivity index (χ0n) is 14.5. The van der Waals surface area contributed by atoms with Crippen molar-refractivity contribution >= 4 is 54.1 Å². The molecule has 0 bridgehead atoms. The van der Waals surface area contributed by atoms with Gasteiger partial charge in [-0.25, -0.2) is 15.0 Å². The first-order valence-corrected chi connectivity index (χ1v) is 10.2. The first kappa shape index (κ1) is 23.6. The molecule has 0 unspecified atom stereocenters. The second-order valence-corrected chi connectivity index (χ2v) is 7.46. The van der Waals surface area contributed by atoms with E-state index in [-0.39, 0.29) is 6.61 Å². The minimum atomic E-state index is 0.0558. The summed E-state index contributed by atoms with van der Waals surface area (Å²) in [4.78, 5) is 21.9. The summed E-state index contributed by atoms with van der Waals surface area (Å²) in [6.07, 6.45) is 6.84. The lowest BCUT2D eigenvalue weighted by molar-refractivity contribution is 0.112. The topological polar surface area (TPSA) is 76.0 Å². The fourth-order valence-electron chi connectivity index (χ4n) is 1.57. The van der Waals surface area contributed by atoms with Gasteiger partial charge in [0, 0.05) is 24.2 Å². The number of hydrogen-bond acceptors (Lipinski definition) is 5. The van der Waals surface area contributed by atoms with Crippen LogP contribution in [0.3, 0.4) is 0 Å². The van der Waals surface area contributed by atoms with Gasteiger partial charge in [0.05, 0.1) is 6.61 Å². The maximum Gasteiger partial charge on any atom is 0.151 e. The van der Waals surface area contributed by atoms with Gasteiger partial charge in [-0.3, -0.25) is 4.79 Å². The standard InChI is InChI=1S/C7H8BrN.C6H6BrNO.C6H4BrNO/c1-2-6-3-4-7(8)9-5-6;2*7-6-2-1-5(4-9)3-8-6/h3-5H,2H2,1H3;1-3,9H,4H2;1-4H. The van der Waals surface area contributed by atoms with E-state index in [1.165, 1.54) is 11.8 Å². The van der Waals surface area contributed by atoms with Crippen molar-refractivity contribution in [1.29, 1.82) is 0 Å². The molecule has 0 radical (unpaired) electrons. The Bertz CT molecular complexity index is 750. The van der Waals surface area contributed by atoms with E-state index in [0.29, 0.717) is 5.56 Å². The molecule has 27 heavy (non-hydrogen) atoms. The molecule has 0 amide bonds. The second-order valence-electron chi connectivity index (χ2n) is 5.02. The Morgan fingerprint density at radius 1 is 0.815 bits per heavy atom. The van der Waals surface area contributed by atoms with Crippen LogP contribution in [0, 0.1) is 0 Å². The number of nitrogens with zero attached hydrogens (tertiary/aromatic N) is 3. The number of aliphatic hydroxyl groups is 1. The summed E-state index contributed by atoms with van der Waals surface area (Å²) in [7, 11) is 0. The van der Waals surface area contributed by atoms with Gasteiger partial charge in [0.25, 0.3) is 0 Å². The lowest BCUT2D eigenvalue weighted by Crippen LogP contribution is -1.83. The molecule has 0 saturated heterocycles. The van der Waals surface area contributed by atoms with Gasteiger partial charge in [0.1, 0.15) is 13.8 Å². The van der Waals surface area contributed by atoms with E-state index < -0.39 is 0 Å². The van der Waals surface area contributed by atoms with Crippen molar-refractivity contribution < 1.29 is 9.90 Å². The molecule has 1 N–H and O–H groups in total. The number of pyridine rings is 3. The van der Waals surface area contributed by atoms with E-state index in [0.717, 1.165) is 32.1 Å². The summed E-state index contributed by atoms with van der Waals surface area (Å²) < 4.78 is 2.44. The van der Waals surface area contributed by atoms with Gasteiger partial charge in [-0.05, 0) is 89.6 Å². The van der Waals surface area contributed by atoms with Crippen LogP contribution in [-0.2, 0) is 13.0 Å². The molecule has 0 aliphatic rings. The van der Waals surface area contributed by atoms with Crippen LogP contribution in [0.25, 0.3) is 0 Å². The monoisotopic (exact) mass is 557 g/mol. The fourth-order valence-corrected chi connectivity index (χ4v) is 2.28. The third-order valence-electron chi connectivity index (χ3n) is 3.05. The van der Waals surface area contributed by atoms with Gasteiger partial charge in [0.15, 0.2) is 6.29 Å². The fraction of sp³-hybridized carbons (Fsp3) is 0.158. The van der Waals surface area contributed by atoms with Gasteiger partial charge >= 0.3 is 0 Å². The highest BCUT2D eigenvalue weighted by molar-refractivity contribution is 9.11. The highest BCUT2D eigenvalue weighted by Crippen LogP contribution is 2.06. The number of aldehydes is 1. The summed E-state index contributed by atoms with van der Waals surface area (Å²) in [5, 5.41) is 8.57. The van der Waals surface area contributed by atoms with Crippen LogP contribution in [-0.4, -0.2) is 26.3 Å². The van der Waals surface area contributed by atoms with E-state index in [4.69, 9.17) is 5.11 Å². The molecule has 3 aromatic rings. The largest absolute Gasteiger partial charge is 0.392 e. The van der Waals surface area contributed by atoms with Crippen LogP contribution in [0.2, 0.25) is 0 Å². The predicted octanol–water partition coefficient (Wildman–Crippen LogP) is 5.40. The Labute approximate surface area is 183 Å². The Morgan fingerprint density at radius 3 is 1.63 bits per heavy atom. The third kappa shape index (κ3) is 10.4. The van der Waals surface area contributed by atoms with Gasteiger partial charge in [-0.2, -0.15) is 0 Å². The van der Waals surface area contributed by atoms with E-state index >= 15 is 0 Å². The highest BCUT2D eigenvalue weighted by atomic mass is 79.9. The van der Waals surface area contributed by atoms with Crippen molar-refractivity contribution in [3.05, 3.63) is 85.5 Å². The summed E-state index contributed by atoms with van der Waals surface area (Å²) in [5.41, 5.74) is 2.70. The van der Waals surface area contributed by atoms with Crippen LogP contribution in [0.15, 0.2) is 68.8 Å². The maximum atomic E-state index is 10.1. The van der Waals surface area contributed by atoms with Crippen molar-refractivity contribution in [1.82, 2.24) is 15.0 Å². The summed E-state index contributed by atoms with van der Waals surface area (Å²) in [5.74, 6) is 0. The lowest BCUT2D eigenvalue weighted by Gasteiger charge is -1.92. The number of halogens is 3. The van der Waals surface area contributed by atoms with Crippen molar-refractivity contribution in [2.24, 2.45) is 0 Å². The average Bonchev–Trinajstić information content (AvgIpc) is 2.71. The number of carbonyl (C=O) groups excluding carboxylic acids is 1. The van der Waals surface area contributed by atoms with Gasteiger partial charge in [-0.1, -0.05) is 19.1 Å². The molecular formula is C19H18Br3N3O2. The van der Waals surface area contributed by atoms with Crippen LogP contribution in [0.1, 0.15) is 28.4 Å². The van der Waals surface area contributed by atoms with Crippen molar-refractivity contribution in [2.75, 3.05) is 0 Å². The van der Waals surface area contributed by atoms with Gasteiger partial charge < -0.3 is 5.11 Å². The number of rotatable bonds is 3. The molecule has 3 heterocycles. The number of aliphatic hydroxyl groups excluding tert-OH is 1. The molecule has 0 aromatic carbocycles. The molecular weight excluding hydrogens is 542 g/mol. The number of carbonyl (C=O) groups is 1. The van der Waals surface area contributed by atoms with Gasteiger partial charge in [0.2, 0.25) is 0 Å². The van der Waals surface area contributed by atoms with Gasteiger partial charge in [-0.15, -0.1) is 0 Å². The number of aryl methyl sites for hydroxylation is 1. The predicted molar refractivity (Wildman–Crippen MR) is 116 cm³/mol. The molecule has 8 heteroatoms. The minimum absolute atomic E-state index is 0.0558. The number of aromatic nitrogens is 3. The Hall–Kier alpha value is -1.48. The SMILES string of the molecule is CCc1ccc(Br)nc1.O=Cc1ccc(Br)nc1.OCc1ccc(Br)nc1. The first-order chi connectivity index (χ1) is 13.0. The normalized spacial score (nSPS) is 9.37. The molecule has 0 fully saturated rings. The number of hydrogen-bond donors (Lipinski definition) is 1. The molecule has 142 valence electrons.